The lowest BCUT2D eigenvalue weighted by atomic mass is 10.0. The molecule has 0 bridgehead atoms. The molecule has 0 saturated heterocycles. The Kier molecular flexibility index (Phi) is 6.92. The Morgan fingerprint density at radius 3 is 2.30 bits per heavy atom. The van der Waals surface area contributed by atoms with E-state index < -0.39 is 23.8 Å². The summed E-state index contributed by atoms with van der Waals surface area (Å²) in [5, 5.41) is 5.22. The first-order valence-corrected chi connectivity index (χ1v) is 9.05. The standard InChI is InChI=1S/C19H26N4O4/c1-11(2)10-15(21-16(24)14-7-5-4-6-12(14)3)17(25)22-23-19(27)18(26)20-13-8-9-13/h4-7,11,13,15H,8-10H2,1-3H3,(H,20,26)(H,21,24)(H,22,25)(H,23,27)/t15-/m0/s1. The molecule has 146 valence electrons. The maximum absolute atomic E-state index is 12.5. The number of amides is 4. The normalized spacial score (nSPS) is 14.2. The van der Waals surface area contributed by atoms with Gasteiger partial charge in [0, 0.05) is 11.6 Å². The van der Waals surface area contributed by atoms with Crippen LogP contribution < -0.4 is 21.5 Å². The van der Waals surface area contributed by atoms with Crippen molar-refractivity contribution >= 4 is 23.6 Å². The van der Waals surface area contributed by atoms with Gasteiger partial charge in [-0.25, -0.2) is 0 Å². The number of carbonyl (C=O) groups is 4. The molecule has 1 aliphatic carbocycles. The van der Waals surface area contributed by atoms with Crippen molar-refractivity contribution in [2.45, 2.75) is 52.1 Å². The molecule has 8 nitrogen and oxygen atoms in total. The number of benzene rings is 1. The first kappa shape index (κ1) is 20.4. The van der Waals surface area contributed by atoms with Gasteiger partial charge in [0.1, 0.15) is 6.04 Å². The Morgan fingerprint density at radius 2 is 1.70 bits per heavy atom. The molecule has 8 heteroatoms. The molecule has 1 saturated carbocycles. The van der Waals surface area contributed by atoms with Crippen LogP contribution in [0.5, 0.6) is 0 Å². The van der Waals surface area contributed by atoms with Crippen LogP contribution in [0.1, 0.15) is 49.0 Å². The highest BCUT2D eigenvalue weighted by atomic mass is 16.2. The van der Waals surface area contributed by atoms with Crippen LogP contribution in [-0.4, -0.2) is 35.7 Å². The molecule has 1 aromatic rings. The van der Waals surface area contributed by atoms with E-state index in [4.69, 9.17) is 0 Å². The van der Waals surface area contributed by atoms with Crippen LogP contribution in [0.2, 0.25) is 0 Å². The summed E-state index contributed by atoms with van der Waals surface area (Å²) in [6.45, 7) is 5.65. The van der Waals surface area contributed by atoms with Crippen molar-refractivity contribution in [2.24, 2.45) is 5.92 Å². The molecule has 4 amide bonds. The van der Waals surface area contributed by atoms with Gasteiger partial charge < -0.3 is 10.6 Å². The van der Waals surface area contributed by atoms with E-state index in [1.807, 2.05) is 32.9 Å². The van der Waals surface area contributed by atoms with E-state index in [1.165, 1.54) is 0 Å². The van der Waals surface area contributed by atoms with Crippen LogP contribution in [0.3, 0.4) is 0 Å². The Labute approximate surface area is 158 Å². The smallest absolute Gasteiger partial charge is 0.327 e. The summed E-state index contributed by atoms with van der Waals surface area (Å²) in [4.78, 5) is 48.2. The van der Waals surface area contributed by atoms with Gasteiger partial charge in [0.15, 0.2) is 0 Å². The molecule has 1 aliphatic rings. The van der Waals surface area contributed by atoms with Gasteiger partial charge in [-0.1, -0.05) is 32.0 Å². The van der Waals surface area contributed by atoms with E-state index >= 15 is 0 Å². The number of hydrazine groups is 1. The second-order valence-corrected chi connectivity index (χ2v) is 7.16. The Balaban J connectivity index is 1.94. The molecule has 0 radical (unpaired) electrons. The van der Waals surface area contributed by atoms with E-state index in [1.54, 1.807) is 12.1 Å². The number of hydrogen-bond acceptors (Lipinski definition) is 4. The van der Waals surface area contributed by atoms with Gasteiger partial charge in [-0.15, -0.1) is 0 Å². The monoisotopic (exact) mass is 374 g/mol. The first-order chi connectivity index (χ1) is 12.8. The van der Waals surface area contributed by atoms with Crippen molar-refractivity contribution in [3.8, 4) is 0 Å². The summed E-state index contributed by atoms with van der Waals surface area (Å²) in [6.07, 6.45) is 2.09. The summed E-state index contributed by atoms with van der Waals surface area (Å²) in [5.74, 6) is -2.55. The summed E-state index contributed by atoms with van der Waals surface area (Å²) < 4.78 is 0. The van der Waals surface area contributed by atoms with Gasteiger partial charge in [0.25, 0.3) is 11.8 Å². The van der Waals surface area contributed by atoms with Gasteiger partial charge >= 0.3 is 11.8 Å². The van der Waals surface area contributed by atoms with Crippen LogP contribution in [-0.2, 0) is 14.4 Å². The van der Waals surface area contributed by atoms with Crippen molar-refractivity contribution in [3.05, 3.63) is 35.4 Å². The molecule has 0 spiro atoms. The highest BCUT2D eigenvalue weighted by Gasteiger charge is 2.28. The van der Waals surface area contributed by atoms with Crippen molar-refractivity contribution < 1.29 is 19.2 Å². The van der Waals surface area contributed by atoms with Crippen LogP contribution in [0, 0.1) is 12.8 Å². The zero-order valence-corrected chi connectivity index (χ0v) is 15.8. The summed E-state index contributed by atoms with van der Waals surface area (Å²) in [7, 11) is 0. The molecule has 4 N–H and O–H groups in total. The third-order valence-electron chi connectivity index (χ3n) is 4.14. The largest absolute Gasteiger partial charge is 0.345 e. The van der Waals surface area contributed by atoms with Crippen molar-refractivity contribution in [1.29, 1.82) is 0 Å². The lowest BCUT2D eigenvalue weighted by Gasteiger charge is -2.20. The van der Waals surface area contributed by atoms with Gasteiger partial charge in [-0.2, -0.15) is 0 Å². The molecular weight excluding hydrogens is 348 g/mol. The fourth-order valence-electron chi connectivity index (χ4n) is 2.51. The average molecular weight is 374 g/mol. The maximum Gasteiger partial charge on any atom is 0.327 e. The van der Waals surface area contributed by atoms with E-state index in [2.05, 4.69) is 21.5 Å². The number of aryl methyl sites for hydroxylation is 1. The minimum Gasteiger partial charge on any atom is -0.345 e. The third-order valence-corrected chi connectivity index (χ3v) is 4.14. The zero-order valence-electron chi connectivity index (χ0n) is 15.8. The summed E-state index contributed by atoms with van der Waals surface area (Å²) in [6, 6.07) is 6.26. The molecule has 1 aromatic carbocycles. The molecule has 1 fully saturated rings. The van der Waals surface area contributed by atoms with E-state index in [0.717, 1.165) is 18.4 Å². The molecule has 0 aliphatic heterocycles. The van der Waals surface area contributed by atoms with Crippen LogP contribution in [0.15, 0.2) is 24.3 Å². The fraction of sp³-hybridized carbons (Fsp3) is 0.474. The fourth-order valence-corrected chi connectivity index (χ4v) is 2.51. The molecule has 0 aromatic heterocycles. The quantitative estimate of drug-likeness (QED) is 0.430. The number of rotatable bonds is 6. The van der Waals surface area contributed by atoms with Gasteiger partial charge in [-0.3, -0.25) is 30.0 Å². The van der Waals surface area contributed by atoms with Crippen molar-refractivity contribution in [3.63, 3.8) is 0 Å². The van der Waals surface area contributed by atoms with Gasteiger partial charge in [0.2, 0.25) is 0 Å². The zero-order chi connectivity index (χ0) is 20.0. The van der Waals surface area contributed by atoms with Crippen LogP contribution in [0.25, 0.3) is 0 Å². The molecule has 0 unspecified atom stereocenters. The first-order valence-electron chi connectivity index (χ1n) is 9.05. The molecular formula is C19H26N4O4. The maximum atomic E-state index is 12.5. The van der Waals surface area contributed by atoms with E-state index in [0.29, 0.717) is 12.0 Å². The highest BCUT2D eigenvalue weighted by Crippen LogP contribution is 2.18. The Bertz CT molecular complexity index is 728. The SMILES string of the molecule is Cc1ccccc1C(=O)N[C@@H](CC(C)C)C(=O)NNC(=O)C(=O)NC1CC1. The average Bonchev–Trinajstić information content (AvgIpc) is 3.42. The van der Waals surface area contributed by atoms with Crippen LogP contribution >= 0.6 is 0 Å². The van der Waals surface area contributed by atoms with Gasteiger partial charge in [0.05, 0.1) is 0 Å². The second kappa shape index (κ2) is 9.16. The molecule has 0 heterocycles. The summed E-state index contributed by atoms with van der Waals surface area (Å²) >= 11 is 0. The molecule has 2 rings (SSSR count). The topological polar surface area (TPSA) is 116 Å². The number of hydrogen-bond donors (Lipinski definition) is 4. The predicted molar refractivity (Wildman–Crippen MR) is 99.3 cm³/mol. The van der Waals surface area contributed by atoms with E-state index in [-0.39, 0.29) is 17.9 Å². The van der Waals surface area contributed by atoms with E-state index in [9.17, 15) is 19.2 Å². The van der Waals surface area contributed by atoms with Gasteiger partial charge in [-0.05, 0) is 43.7 Å². The number of nitrogens with one attached hydrogen (secondary N) is 4. The predicted octanol–water partition coefficient (Wildman–Crippen LogP) is 0.566. The lowest BCUT2D eigenvalue weighted by Crippen LogP contribution is -2.55. The molecule has 27 heavy (non-hydrogen) atoms. The minimum absolute atomic E-state index is 0.0426. The lowest BCUT2D eigenvalue weighted by molar-refractivity contribution is -0.141. The Hall–Kier alpha value is -2.90. The number of carbonyl (C=O) groups excluding carboxylic acids is 4. The summed E-state index contributed by atoms with van der Waals surface area (Å²) in [5.41, 5.74) is 5.59. The van der Waals surface area contributed by atoms with Crippen molar-refractivity contribution in [1.82, 2.24) is 21.5 Å². The third kappa shape index (κ3) is 6.40. The molecule has 1 atom stereocenters. The van der Waals surface area contributed by atoms with Crippen LogP contribution in [0.4, 0.5) is 0 Å². The Morgan fingerprint density at radius 1 is 1.04 bits per heavy atom. The minimum atomic E-state index is -0.941. The highest BCUT2D eigenvalue weighted by molar-refractivity contribution is 6.35. The van der Waals surface area contributed by atoms with Crippen molar-refractivity contribution in [2.75, 3.05) is 0 Å². The second-order valence-electron chi connectivity index (χ2n) is 7.16.